The summed E-state index contributed by atoms with van der Waals surface area (Å²) in [6.07, 6.45) is 3.77. The van der Waals surface area contributed by atoms with E-state index in [9.17, 15) is 44.6 Å². The number of hydrogen-bond acceptors (Lipinski definition) is 6. The number of aromatic hydroxyl groups is 2. The number of phenolic OH excluding ortho intramolecular Hbond substituents is 2. The molecule has 0 aliphatic carbocycles. The summed E-state index contributed by atoms with van der Waals surface area (Å²) in [7, 11) is -10.3. The minimum atomic E-state index is -5.16. The highest BCUT2D eigenvalue weighted by Crippen LogP contribution is 2.31. The first-order valence-corrected chi connectivity index (χ1v) is 12.9. The molecule has 0 saturated carbocycles. The summed E-state index contributed by atoms with van der Waals surface area (Å²) in [6, 6.07) is 0.927. The Morgan fingerprint density at radius 1 is 0.667 bits per heavy atom. The Hall–Kier alpha value is -2.38. The van der Waals surface area contributed by atoms with E-state index in [0.29, 0.717) is 12.8 Å². The monoisotopic (exact) mass is 513 g/mol. The molecule has 0 heterocycles. The fourth-order valence-corrected chi connectivity index (χ4v) is 6.78. The highest BCUT2D eigenvalue weighted by atomic mass is 32.3. The Morgan fingerprint density at radius 3 is 1.36 bits per heavy atom. The van der Waals surface area contributed by atoms with Crippen LogP contribution in [-0.2, 0) is 20.0 Å². The van der Waals surface area contributed by atoms with E-state index >= 15 is 0 Å². The number of sulfonamides is 2. The van der Waals surface area contributed by atoms with Crippen molar-refractivity contribution in [1.29, 1.82) is 0 Å². The Bertz CT molecular complexity index is 1090. The molecular formula is C20H23F4NO6S2. The number of halogens is 4. The van der Waals surface area contributed by atoms with Gasteiger partial charge in [-0.15, -0.1) is 0 Å². The van der Waals surface area contributed by atoms with E-state index < -0.39 is 71.2 Å². The first kappa shape index (κ1) is 26.9. The van der Waals surface area contributed by atoms with E-state index in [0.717, 1.165) is 19.3 Å². The fraction of sp³-hybridized carbons (Fsp3) is 0.400. The Morgan fingerprint density at radius 2 is 1.00 bits per heavy atom. The van der Waals surface area contributed by atoms with Crippen LogP contribution in [-0.4, -0.2) is 37.3 Å². The predicted octanol–water partition coefficient (Wildman–Crippen LogP) is 4.39. The van der Waals surface area contributed by atoms with Gasteiger partial charge in [0.25, 0.3) is 20.0 Å². The first-order valence-electron chi connectivity index (χ1n) is 9.98. The number of unbranched alkanes of at least 4 members (excludes halogenated alkanes) is 5. The molecule has 0 fully saturated rings. The van der Waals surface area contributed by atoms with Crippen molar-refractivity contribution in [3.8, 4) is 11.5 Å². The fourth-order valence-electron chi connectivity index (χ4n) is 3.01. The molecule has 33 heavy (non-hydrogen) atoms. The molecule has 0 atom stereocenters. The summed E-state index contributed by atoms with van der Waals surface area (Å²) in [4.78, 5) is -2.24. The van der Waals surface area contributed by atoms with E-state index in [-0.39, 0.29) is 34.4 Å². The largest absolute Gasteiger partial charge is 0.503 e. The second-order valence-electron chi connectivity index (χ2n) is 7.25. The molecule has 0 aliphatic rings. The first-order chi connectivity index (χ1) is 15.3. The molecule has 184 valence electrons. The van der Waals surface area contributed by atoms with Crippen molar-refractivity contribution >= 4 is 20.0 Å². The van der Waals surface area contributed by atoms with Crippen LogP contribution in [0.25, 0.3) is 0 Å². The lowest BCUT2D eigenvalue weighted by Gasteiger charge is -2.22. The average Bonchev–Trinajstić information content (AvgIpc) is 2.74. The molecule has 0 aromatic heterocycles. The van der Waals surface area contributed by atoms with Gasteiger partial charge < -0.3 is 10.2 Å². The van der Waals surface area contributed by atoms with Crippen LogP contribution in [0, 0.1) is 23.3 Å². The lowest BCUT2D eigenvalue weighted by Crippen LogP contribution is -2.38. The van der Waals surface area contributed by atoms with Crippen LogP contribution in [0.2, 0.25) is 0 Å². The SMILES string of the molecule is CCCCCCCCN(S(=O)(=O)c1cc(F)c(O)c(F)c1)S(=O)(=O)c1cc(F)c(O)c(F)c1. The van der Waals surface area contributed by atoms with Gasteiger partial charge in [0.05, 0.1) is 9.79 Å². The van der Waals surface area contributed by atoms with Crippen LogP contribution in [0.3, 0.4) is 0 Å². The van der Waals surface area contributed by atoms with Gasteiger partial charge in [0.2, 0.25) is 0 Å². The zero-order chi connectivity index (χ0) is 25.0. The highest BCUT2D eigenvalue weighted by Gasteiger charge is 2.38. The van der Waals surface area contributed by atoms with E-state index in [4.69, 9.17) is 0 Å². The standard InChI is InChI=1S/C20H23F4NO6S2/c1-2-3-4-5-6-7-8-25(32(28,29)13-9-15(21)19(26)16(22)10-13)33(30,31)14-11-17(23)20(27)18(24)12-14/h9-12,26-27H,2-8H2,1H3. The molecule has 0 spiro atoms. The van der Waals surface area contributed by atoms with Gasteiger partial charge in [-0.25, -0.2) is 34.4 Å². The van der Waals surface area contributed by atoms with Crippen LogP contribution in [0.4, 0.5) is 17.6 Å². The second-order valence-corrected chi connectivity index (χ2v) is 11.2. The van der Waals surface area contributed by atoms with Crippen LogP contribution < -0.4 is 0 Å². The van der Waals surface area contributed by atoms with Crippen LogP contribution >= 0.6 is 0 Å². The number of benzene rings is 2. The van der Waals surface area contributed by atoms with Gasteiger partial charge in [0.15, 0.2) is 34.8 Å². The Labute approximate surface area is 189 Å². The molecule has 2 aromatic carbocycles. The van der Waals surface area contributed by atoms with Crippen LogP contribution in [0.5, 0.6) is 11.5 Å². The molecule has 7 nitrogen and oxygen atoms in total. The third-order valence-corrected chi connectivity index (χ3v) is 9.08. The summed E-state index contributed by atoms with van der Waals surface area (Å²) in [5.41, 5.74) is 0. The zero-order valence-electron chi connectivity index (χ0n) is 17.6. The van der Waals surface area contributed by atoms with Crippen LogP contribution in [0.1, 0.15) is 45.4 Å². The highest BCUT2D eigenvalue weighted by molar-refractivity contribution is 8.04. The second kappa shape index (κ2) is 10.7. The molecule has 0 saturated heterocycles. The summed E-state index contributed by atoms with van der Waals surface area (Å²) >= 11 is 0. The number of hydrogen-bond donors (Lipinski definition) is 2. The minimum Gasteiger partial charge on any atom is -0.503 e. The van der Waals surface area contributed by atoms with E-state index in [2.05, 4.69) is 0 Å². The van der Waals surface area contributed by atoms with Gasteiger partial charge in [-0.05, 0) is 30.7 Å². The van der Waals surface area contributed by atoms with Gasteiger partial charge in [-0.1, -0.05) is 42.7 Å². The van der Waals surface area contributed by atoms with Crippen molar-refractivity contribution in [2.45, 2.75) is 55.2 Å². The molecule has 2 aromatic rings. The molecule has 0 amide bonds. The maximum atomic E-state index is 13.8. The van der Waals surface area contributed by atoms with Crippen molar-refractivity contribution in [3.63, 3.8) is 0 Å². The third-order valence-electron chi connectivity index (χ3n) is 4.81. The number of rotatable bonds is 11. The van der Waals surface area contributed by atoms with Crippen molar-refractivity contribution < 1.29 is 44.6 Å². The predicted molar refractivity (Wildman–Crippen MR) is 110 cm³/mol. The normalized spacial score (nSPS) is 12.4. The average molecular weight is 514 g/mol. The van der Waals surface area contributed by atoms with Crippen molar-refractivity contribution in [2.75, 3.05) is 6.54 Å². The van der Waals surface area contributed by atoms with Gasteiger partial charge in [-0.3, -0.25) is 0 Å². The molecule has 0 bridgehead atoms. The van der Waals surface area contributed by atoms with Crippen LogP contribution in [0.15, 0.2) is 34.1 Å². The summed E-state index contributed by atoms with van der Waals surface area (Å²) in [5, 5.41) is 18.4. The maximum absolute atomic E-state index is 13.8. The number of phenols is 2. The van der Waals surface area contributed by atoms with E-state index in [1.165, 1.54) is 0 Å². The van der Waals surface area contributed by atoms with Gasteiger partial charge in [0, 0.05) is 6.54 Å². The minimum absolute atomic E-state index is 0.0221. The van der Waals surface area contributed by atoms with Crippen molar-refractivity contribution in [2.24, 2.45) is 0 Å². The van der Waals surface area contributed by atoms with Gasteiger partial charge in [0.1, 0.15) is 0 Å². The molecule has 0 radical (unpaired) electrons. The molecule has 0 unspecified atom stereocenters. The molecule has 0 aliphatic heterocycles. The molecule has 2 N–H and O–H groups in total. The smallest absolute Gasteiger partial charge is 0.256 e. The summed E-state index contributed by atoms with van der Waals surface area (Å²) in [5.74, 6) is -9.50. The molecule has 13 heteroatoms. The zero-order valence-corrected chi connectivity index (χ0v) is 19.2. The number of nitrogens with zero attached hydrogens (tertiary/aromatic N) is 1. The lowest BCUT2D eigenvalue weighted by molar-refractivity contribution is 0.393. The summed E-state index contributed by atoms with van der Waals surface area (Å²) < 4.78 is 107. The van der Waals surface area contributed by atoms with Gasteiger partial charge in [-0.2, -0.15) is 0 Å². The Kier molecular flexibility index (Phi) is 8.71. The molecule has 2 rings (SSSR count). The Balaban J connectivity index is 2.53. The van der Waals surface area contributed by atoms with E-state index in [1.54, 1.807) is 0 Å². The maximum Gasteiger partial charge on any atom is 0.256 e. The third kappa shape index (κ3) is 5.95. The van der Waals surface area contributed by atoms with Crippen molar-refractivity contribution in [3.05, 3.63) is 47.5 Å². The van der Waals surface area contributed by atoms with Gasteiger partial charge >= 0.3 is 0 Å². The topological polar surface area (TPSA) is 112 Å². The lowest BCUT2D eigenvalue weighted by atomic mass is 10.1. The molecular weight excluding hydrogens is 490 g/mol. The van der Waals surface area contributed by atoms with Crippen molar-refractivity contribution in [1.82, 2.24) is 3.71 Å². The summed E-state index contributed by atoms with van der Waals surface area (Å²) in [6.45, 7) is 1.30. The quantitative estimate of drug-likeness (QED) is 0.340. The van der Waals surface area contributed by atoms with E-state index in [1.807, 2.05) is 6.92 Å².